The number of aromatic nitrogens is 2. The van der Waals surface area contributed by atoms with Crippen LogP contribution in [0.5, 0.6) is 11.8 Å². The van der Waals surface area contributed by atoms with E-state index in [0.29, 0.717) is 29.2 Å². The maximum atomic E-state index is 14.1. The highest BCUT2D eigenvalue weighted by molar-refractivity contribution is 9.11. The molecule has 2 aromatic heterocycles. The number of nitrogens with zero attached hydrogens (tertiary/aromatic N) is 2. The molecule has 4 rings (SSSR count). The van der Waals surface area contributed by atoms with Crippen molar-refractivity contribution in [2.75, 3.05) is 26.9 Å². The van der Waals surface area contributed by atoms with Crippen molar-refractivity contribution < 1.29 is 28.8 Å². The van der Waals surface area contributed by atoms with Gasteiger partial charge in [-0.3, -0.25) is 4.79 Å². The van der Waals surface area contributed by atoms with Crippen molar-refractivity contribution in [1.82, 2.24) is 9.55 Å². The summed E-state index contributed by atoms with van der Waals surface area (Å²) in [5.74, 6) is -0.493. The van der Waals surface area contributed by atoms with Crippen molar-refractivity contribution in [3.05, 3.63) is 49.5 Å². The number of benzene rings is 1. The number of fused-ring (bicyclic) bond motifs is 1. The molecule has 0 bridgehead atoms. The summed E-state index contributed by atoms with van der Waals surface area (Å²) in [6, 6.07) is 7.48. The number of aryl methyl sites for hydroxylation is 1. The summed E-state index contributed by atoms with van der Waals surface area (Å²) in [5, 5.41) is 10.9. The van der Waals surface area contributed by atoms with Crippen molar-refractivity contribution in [3.63, 3.8) is 0 Å². The smallest absolute Gasteiger partial charge is 0.329 e. The Balaban J connectivity index is 1.82. The number of carboxylic acid groups (broad SMARTS) is 1. The number of hydrogen-bond acceptors (Lipinski definition) is 8. The number of rotatable bonds is 10. The number of carbonyl (C=O) groups is 1. The van der Waals surface area contributed by atoms with E-state index >= 15 is 0 Å². The number of ether oxygens (including phenoxy) is 4. The fourth-order valence-corrected chi connectivity index (χ4v) is 6.83. The zero-order valence-electron chi connectivity index (χ0n) is 23.8. The normalized spacial score (nSPS) is 17.0. The number of carboxylic acids is 1. The number of methoxy groups -OCH3 is 1. The van der Waals surface area contributed by atoms with Gasteiger partial charge in [-0.2, -0.15) is 4.98 Å². The molecular weight excluding hydrogens is 600 g/mol. The van der Waals surface area contributed by atoms with Crippen LogP contribution in [0.15, 0.2) is 32.8 Å². The van der Waals surface area contributed by atoms with Crippen LogP contribution < -0.4 is 15.0 Å². The fourth-order valence-electron chi connectivity index (χ4n) is 5.28. The number of thiophene rings is 1. The van der Waals surface area contributed by atoms with Crippen LogP contribution in [0, 0.1) is 12.3 Å². The Bertz CT molecular complexity index is 1420. The van der Waals surface area contributed by atoms with E-state index in [9.17, 15) is 14.7 Å². The van der Waals surface area contributed by atoms with Gasteiger partial charge in [0.1, 0.15) is 28.8 Å². The van der Waals surface area contributed by atoms with E-state index in [2.05, 4.69) is 15.9 Å². The first-order valence-corrected chi connectivity index (χ1v) is 14.9. The summed E-state index contributed by atoms with van der Waals surface area (Å²) in [7, 11) is 1.60. The quantitative estimate of drug-likeness (QED) is 0.285. The average molecular weight is 638 g/mol. The lowest BCUT2D eigenvalue weighted by atomic mass is 9.80. The van der Waals surface area contributed by atoms with Crippen LogP contribution >= 0.6 is 27.3 Å². The van der Waals surface area contributed by atoms with Gasteiger partial charge < -0.3 is 24.1 Å². The molecule has 9 nitrogen and oxygen atoms in total. The molecular formula is C29H37BrN2O7S. The number of hydrogen-bond donors (Lipinski definition) is 1. The summed E-state index contributed by atoms with van der Waals surface area (Å²) < 4.78 is 25.9. The van der Waals surface area contributed by atoms with Crippen molar-refractivity contribution >= 4 is 43.5 Å². The van der Waals surface area contributed by atoms with Crippen molar-refractivity contribution in [2.24, 2.45) is 5.41 Å². The zero-order valence-corrected chi connectivity index (χ0v) is 26.2. The molecule has 40 heavy (non-hydrogen) atoms. The Morgan fingerprint density at radius 1 is 1.25 bits per heavy atom. The third-order valence-corrected chi connectivity index (χ3v) is 9.13. The van der Waals surface area contributed by atoms with E-state index in [1.165, 1.54) is 15.9 Å². The molecule has 218 valence electrons. The molecule has 1 aliphatic heterocycles. The molecule has 1 fully saturated rings. The molecule has 2 unspecified atom stereocenters. The van der Waals surface area contributed by atoms with Crippen molar-refractivity contribution in [1.29, 1.82) is 0 Å². The molecule has 1 N–H and O–H groups in total. The summed E-state index contributed by atoms with van der Waals surface area (Å²) in [6.07, 6.45) is 1.05. The molecule has 0 spiro atoms. The van der Waals surface area contributed by atoms with E-state index in [1.54, 1.807) is 14.0 Å². The van der Waals surface area contributed by atoms with Crippen LogP contribution in [-0.2, 0) is 19.8 Å². The van der Waals surface area contributed by atoms with Crippen molar-refractivity contribution in [3.8, 4) is 11.8 Å². The van der Waals surface area contributed by atoms with Gasteiger partial charge in [0.2, 0.25) is 0 Å². The highest BCUT2D eigenvalue weighted by Crippen LogP contribution is 2.38. The second-order valence-electron chi connectivity index (χ2n) is 11.5. The average Bonchev–Trinajstić information content (AvgIpc) is 3.19. The molecule has 3 aromatic rings. The Morgan fingerprint density at radius 3 is 2.55 bits per heavy atom. The predicted octanol–water partition coefficient (Wildman–Crippen LogP) is 6.09. The Morgan fingerprint density at radius 2 is 1.93 bits per heavy atom. The third kappa shape index (κ3) is 6.37. The molecule has 0 aliphatic carbocycles. The zero-order chi connectivity index (χ0) is 29.2. The largest absolute Gasteiger partial charge is 0.496 e. The summed E-state index contributed by atoms with van der Waals surface area (Å²) >= 11 is 4.83. The predicted molar refractivity (Wildman–Crippen MR) is 158 cm³/mol. The van der Waals surface area contributed by atoms with Gasteiger partial charge in [-0.1, -0.05) is 39.0 Å². The molecule has 11 heteroatoms. The topological polar surface area (TPSA) is 109 Å². The lowest BCUT2D eigenvalue weighted by Gasteiger charge is -2.35. The van der Waals surface area contributed by atoms with Gasteiger partial charge in [-0.05, 0) is 66.1 Å². The maximum absolute atomic E-state index is 14.1. The molecule has 0 radical (unpaired) electrons. The van der Waals surface area contributed by atoms with Crippen LogP contribution in [0.4, 0.5) is 0 Å². The van der Waals surface area contributed by atoms with Gasteiger partial charge in [-0.25, -0.2) is 9.36 Å². The van der Waals surface area contributed by atoms with E-state index in [0.717, 1.165) is 27.8 Å². The maximum Gasteiger partial charge on any atom is 0.329 e. The summed E-state index contributed by atoms with van der Waals surface area (Å²) in [5.41, 5.74) is -0.968. The van der Waals surface area contributed by atoms with Crippen LogP contribution in [-0.4, -0.2) is 53.7 Å². The first-order chi connectivity index (χ1) is 18.9. The minimum atomic E-state index is -1.62. The molecule has 2 atom stereocenters. The fraction of sp³-hybridized carbons (Fsp3) is 0.552. The first kappa shape index (κ1) is 30.5. The molecule has 1 saturated heterocycles. The molecule has 0 amide bonds. The van der Waals surface area contributed by atoms with Crippen molar-refractivity contribution in [2.45, 2.75) is 71.6 Å². The van der Waals surface area contributed by atoms with E-state index in [4.69, 9.17) is 23.9 Å². The minimum Gasteiger partial charge on any atom is -0.496 e. The van der Waals surface area contributed by atoms with Gasteiger partial charge >= 0.3 is 12.0 Å². The summed E-state index contributed by atoms with van der Waals surface area (Å²) in [4.78, 5) is 32.1. The van der Waals surface area contributed by atoms with Gasteiger partial charge in [0.15, 0.2) is 0 Å². The second kappa shape index (κ2) is 12.2. The molecule has 1 aromatic carbocycles. The highest BCUT2D eigenvalue weighted by atomic mass is 79.9. The standard InChI is InChI=1S/C29H37BrN2O7S/c1-17-22-24(40-23(17)30)31-27(32(25(22)33)29(5,26(34)35)16-28(2,3)4)38-15-21(39-18-11-13-37-14-12-18)19-9-7-8-10-20(19)36-6/h7-10,18,21H,11-16H2,1-6H3,(H,34,35). The van der Waals surface area contributed by atoms with Crippen LogP contribution in [0.2, 0.25) is 0 Å². The van der Waals surface area contributed by atoms with Gasteiger partial charge in [0.25, 0.3) is 5.56 Å². The second-order valence-corrected chi connectivity index (χ2v) is 13.8. The van der Waals surface area contributed by atoms with Crippen LogP contribution in [0.3, 0.4) is 0 Å². The van der Waals surface area contributed by atoms with Crippen LogP contribution in [0.1, 0.15) is 64.2 Å². The Kier molecular flexibility index (Phi) is 9.28. The highest BCUT2D eigenvalue weighted by Gasteiger charge is 2.43. The Labute approximate surface area is 246 Å². The monoisotopic (exact) mass is 636 g/mol. The van der Waals surface area contributed by atoms with E-state index in [1.807, 2.05) is 52.0 Å². The lowest BCUT2D eigenvalue weighted by Crippen LogP contribution is -2.48. The van der Waals surface area contributed by atoms with Gasteiger partial charge in [-0.15, -0.1) is 11.3 Å². The number of aliphatic carboxylic acids is 1. The van der Waals surface area contributed by atoms with Gasteiger partial charge in [0.05, 0.1) is 22.4 Å². The SMILES string of the molecule is COc1ccccc1C(COc1nc2sc(Br)c(C)c2c(=O)n1C(C)(CC(C)(C)C)C(=O)O)OC1CCOCC1. The van der Waals surface area contributed by atoms with Gasteiger partial charge in [0, 0.05) is 18.8 Å². The minimum absolute atomic E-state index is 0.00752. The van der Waals surface area contributed by atoms with Crippen LogP contribution in [0.25, 0.3) is 10.2 Å². The summed E-state index contributed by atoms with van der Waals surface area (Å²) in [6.45, 7) is 10.4. The molecule has 0 saturated carbocycles. The molecule has 3 heterocycles. The lowest BCUT2D eigenvalue weighted by molar-refractivity contribution is -0.149. The van der Waals surface area contributed by atoms with E-state index in [-0.39, 0.29) is 25.1 Å². The molecule has 1 aliphatic rings. The first-order valence-electron chi connectivity index (χ1n) is 13.3. The van der Waals surface area contributed by atoms with E-state index < -0.39 is 28.6 Å². The number of halogens is 1. The number of para-hydroxylation sites is 1. The third-order valence-electron chi connectivity index (χ3n) is 7.08. The Hall–Kier alpha value is -2.47.